The van der Waals surface area contributed by atoms with Crippen molar-refractivity contribution in [1.29, 1.82) is 0 Å². The lowest BCUT2D eigenvalue weighted by Gasteiger charge is -2.23. The van der Waals surface area contributed by atoms with Gasteiger partial charge in [-0.3, -0.25) is 9.59 Å². The Kier molecular flexibility index (Phi) is 46.5. The molecule has 4 saturated carbocycles. The summed E-state index contributed by atoms with van der Waals surface area (Å²) < 4.78 is 45.1. The molecule has 28 heteroatoms. The fourth-order valence-corrected chi connectivity index (χ4v) is 10.2. The van der Waals surface area contributed by atoms with E-state index < -0.39 is 126 Å². The lowest BCUT2D eigenvalue weighted by atomic mass is 9.98. The van der Waals surface area contributed by atoms with Crippen LogP contribution in [0.2, 0.25) is 0 Å². The van der Waals surface area contributed by atoms with Crippen LogP contribution in [0.3, 0.4) is 0 Å². The molecule has 26 nitrogen and oxygen atoms in total. The van der Waals surface area contributed by atoms with Gasteiger partial charge in [-0.25, -0.2) is 43.2 Å². The number of esters is 9. The van der Waals surface area contributed by atoms with Crippen LogP contribution in [-0.2, 0) is 95.4 Å². The van der Waals surface area contributed by atoms with Gasteiger partial charge in [0.25, 0.3) is 0 Å². The second-order valence-electron chi connectivity index (χ2n) is 27.3. The minimum atomic E-state index is -1.84. The van der Waals surface area contributed by atoms with Crippen LogP contribution in [0.5, 0.6) is 0 Å². The molecule has 0 aromatic rings. The summed E-state index contributed by atoms with van der Waals surface area (Å²) in [4.78, 5) is 126. The molecule has 0 heterocycles. The summed E-state index contributed by atoms with van der Waals surface area (Å²) >= 11 is 8.44. The van der Waals surface area contributed by atoms with E-state index in [-0.39, 0.29) is 52.8 Å². The number of carbonyl (C=O) groups excluding carboxylic acids is 9. The highest BCUT2D eigenvalue weighted by Gasteiger charge is 2.36. The third kappa shape index (κ3) is 44.2. The number of hydrogen-bond acceptors (Lipinski definition) is 24. The Bertz CT molecular complexity index is 2500. The number of carboxylic acid groups (broad SMARTS) is 2. The van der Waals surface area contributed by atoms with Crippen molar-refractivity contribution in [2.24, 2.45) is 5.92 Å². The number of carboxylic acids is 2. The van der Waals surface area contributed by atoms with E-state index in [4.69, 9.17) is 59.7 Å². The average Bonchev–Trinajstić information content (AvgIpc) is 0.904. The molecule has 4 aliphatic carbocycles. The molecule has 5 atom stereocenters. The van der Waals surface area contributed by atoms with E-state index in [2.05, 4.69) is 40.4 Å². The Morgan fingerprint density at radius 3 is 0.898 bits per heavy atom. The number of aliphatic hydroxyl groups is 4. The highest BCUT2D eigenvalue weighted by Crippen LogP contribution is 2.26. The summed E-state index contributed by atoms with van der Waals surface area (Å²) in [7, 11) is 0. The van der Waals surface area contributed by atoms with E-state index in [0.29, 0.717) is 0 Å². The van der Waals surface area contributed by atoms with E-state index in [0.717, 1.165) is 154 Å². The van der Waals surface area contributed by atoms with Crippen LogP contribution in [0.1, 0.15) is 242 Å². The molecular weight excluding hydrogens is 1370 g/mol. The van der Waals surface area contributed by atoms with Gasteiger partial charge >= 0.3 is 65.7 Å². The molecule has 0 aliphatic heterocycles. The second-order valence-corrected chi connectivity index (χ2v) is 28.2. The van der Waals surface area contributed by atoms with Gasteiger partial charge in [0, 0.05) is 5.88 Å². The lowest BCUT2D eigenvalue weighted by molar-refractivity contribution is -0.168. The molecule has 4 aliphatic rings. The molecule has 0 bridgehead atoms. The maximum atomic E-state index is 12.0. The molecule has 0 spiro atoms. The maximum absolute atomic E-state index is 12.0. The molecule has 6 N–H and O–H groups in total. The predicted molar refractivity (Wildman–Crippen MR) is 363 cm³/mol. The minimum absolute atomic E-state index is 0.186. The molecular formula is C70H112BrClO26. The normalized spacial score (nSPS) is 17.9. The number of hydrogen-bond donors (Lipinski definition) is 6. The zero-order chi connectivity index (χ0) is 74.8. The van der Waals surface area contributed by atoms with Crippen LogP contribution in [0.25, 0.3) is 0 Å². The van der Waals surface area contributed by atoms with Crippen molar-refractivity contribution in [2.45, 2.75) is 308 Å². The van der Waals surface area contributed by atoms with Crippen LogP contribution in [0, 0.1) is 5.92 Å². The van der Waals surface area contributed by atoms with Gasteiger partial charge in [0.15, 0.2) is 37.6 Å². The first kappa shape index (κ1) is 92.0. The van der Waals surface area contributed by atoms with Crippen molar-refractivity contribution in [2.75, 3.05) is 24.4 Å². The summed E-state index contributed by atoms with van der Waals surface area (Å²) in [5.74, 6) is -11.8. The van der Waals surface area contributed by atoms with Gasteiger partial charge in [-0.1, -0.05) is 113 Å². The highest BCUT2D eigenvalue weighted by atomic mass is 79.9. The number of rotatable bonds is 22. The fraction of sp³-hybridized carbons (Fsp3) is 0.757. The number of carbonyl (C=O) groups is 11. The molecule has 0 radical (unpaired) electrons. The smallest absolute Gasteiger partial charge is 0.344 e. The average molecular weight is 1480 g/mol. The summed E-state index contributed by atoms with van der Waals surface area (Å²) in [6.45, 7) is 24.3. The monoisotopic (exact) mass is 1480 g/mol. The number of alkyl halides is 2. The molecule has 0 aromatic carbocycles. The molecule has 4 rings (SSSR count). The van der Waals surface area contributed by atoms with Gasteiger partial charge in [-0.2, -0.15) is 0 Å². The Balaban J connectivity index is 0.00000123. The number of aliphatic hydroxyl groups excluding tert-OH is 4. The Morgan fingerprint density at radius 2 is 0.653 bits per heavy atom. The summed E-state index contributed by atoms with van der Waals surface area (Å²) in [6, 6.07) is 0. The number of ether oxygens (including phenoxy) is 9. The largest absolute Gasteiger partial charge is 0.481 e. The second kappa shape index (κ2) is 49.5. The third-order valence-corrected chi connectivity index (χ3v) is 15.7. The Morgan fingerprint density at radius 1 is 0.398 bits per heavy atom. The van der Waals surface area contributed by atoms with Crippen molar-refractivity contribution in [3.05, 3.63) is 36.5 Å². The molecule has 0 saturated heterocycles. The van der Waals surface area contributed by atoms with Crippen LogP contribution in [-0.4, -0.2) is 186 Å². The molecule has 0 aromatic heterocycles. The molecule has 98 heavy (non-hydrogen) atoms. The number of aliphatic carboxylic acids is 2. The van der Waals surface area contributed by atoms with Gasteiger partial charge in [-0.05, 0) is 165 Å². The van der Waals surface area contributed by atoms with Gasteiger partial charge in [0.05, 0.1) is 16.7 Å². The highest BCUT2D eigenvalue weighted by molar-refractivity contribution is 9.09. The summed E-state index contributed by atoms with van der Waals surface area (Å²) in [6.07, 6.45) is 19.7. The van der Waals surface area contributed by atoms with Gasteiger partial charge in [-0.15, -0.1) is 11.6 Å². The molecule has 0 amide bonds. The summed E-state index contributed by atoms with van der Waals surface area (Å²) in [5.41, 5.74) is -3.05. The van der Waals surface area contributed by atoms with Crippen LogP contribution >= 0.6 is 27.5 Å². The number of halogens is 2. The quantitative estimate of drug-likeness (QED) is 0.0254. The van der Waals surface area contributed by atoms with Crippen molar-refractivity contribution in [1.82, 2.24) is 0 Å². The van der Waals surface area contributed by atoms with Gasteiger partial charge in [0.2, 0.25) is 0 Å². The summed E-state index contributed by atoms with van der Waals surface area (Å²) in [5, 5.41) is 56.8. The van der Waals surface area contributed by atoms with Crippen LogP contribution in [0.15, 0.2) is 36.5 Å². The first-order valence-corrected chi connectivity index (χ1v) is 35.6. The Labute approximate surface area is 591 Å². The van der Waals surface area contributed by atoms with Crippen molar-refractivity contribution < 1.29 is 126 Å². The van der Waals surface area contributed by atoms with E-state index in [1.54, 1.807) is 41.5 Å². The SMILES string of the molecule is C=C(C(=O)OC(C)(C)C)C(O)C(=O)OC1CCCCCCC1.C=C(C(=O)OCC(=O)O)C(O)C(=O)OC1CCCCCCC1.C=C(C(=O)OCC(=O)OC(C)(C)C)C(O)C(=O)OC1CCCCCCC1.CC(C)(C)OC(=O)CBr.O=C(OC1CCCCCCC1)C(O)C(CCl)C(=O)O. The zero-order valence-electron chi connectivity index (χ0n) is 59.0. The van der Waals surface area contributed by atoms with Gasteiger partial charge < -0.3 is 73.3 Å². The maximum Gasteiger partial charge on any atom is 0.344 e. The third-order valence-electron chi connectivity index (χ3n) is 14.9. The molecule has 4 fully saturated rings. The van der Waals surface area contributed by atoms with Gasteiger partial charge in [0.1, 0.15) is 52.5 Å². The van der Waals surface area contributed by atoms with E-state index in [9.17, 15) is 73.2 Å². The standard InChI is InChI=1S/C19H30O7.C17H28O5.C15H22O7.C13H21ClO5.C6H11BrO2/c1-13(17(22)24-12-15(20)26-19(2,3)4)16(21)18(23)25-14-10-8-6-5-7-9-11-14;1-12(15(19)22-17(2,3)4)14(18)16(20)21-13-10-8-6-5-7-9-11-13;1-10(14(19)21-9-12(16)17)13(18)15(20)22-11-7-5-3-2-4-6-8-11;14-8-10(12(16)17)11(15)13(18)19-9-6-4-2-1-3-5-7-9;1-6(2,3)9-5(8)4-7/h14,16,21H,1,5-12H2,2-4H3;13-14,18H,1,5-11H2,2-4H3;11,13,18H,1-9H2,(H,16,17);9-11,15H,1-8H2,(H,16,17);4H2,1-3H3. The topological polar surface area (TPSA) is 392 Å². The first-order valence-electron chi connectivity index (χ1n) is 33.9. The lowest BCUT2D eigenvalue weighted by Crippen LogP contribution is -2.39. The minimum Gasteiger partial charge on any atom is -0.481 e. The first-order chi connectivity index (χ1) is 45.7. The van der Waals surface area contributed by atoms with E-state index >= 15 is 0 Å². The van der Waals surface area contributed by atoms with Crippen molar-refractivity contribution in [3.8, 4) is 0 Å². The fourth-order valence-electron chi connectivity index (χ4n) is 9.80. The Hall–Kier alpha value is -6.00. The van der Waals surface area contributed by atoms with Crippen LogP contribution < -0.4 is 0 Å². The molecule has 5 unspecified atom stereocenters. The van der Waals surface area contributed by atoms with E-state index in [1.807, 2.05) is 20.8 Å². The van der Waals surface area contributed by atoms with Crippen molar-refractivity contribution in [3.63, 3.8) is 0 Å². The van der Waals surface area contributed by atoms with E-state index in [1.165, 1.54) is 25.7 Å². The van der Waals surface area contributed by atoms with Crippen LogP contribution in [0.4, 0.5) is 0 Å². The van der Waals surface area contributed by atoms with Crippen molar-refractivity contribution >= 4 is 93.2 Å². The predicted octanol–water partition coefficient (Wildman–Crippen LogP) is 10.2. The zero-order valence-corrected chi connectivity index (χ0v) is 61.4. The molecule has 562 valence electrons.